The van der Waals surface area contributed by atoms with Gasteiger partial charge >= 0.3 is 6.18 Å². The lowest BCUT2D eigenvalue weighted by molar-refractivity contribution is -0.142. The summed E-state index contributed by atoms with van der Waals surface area (Å²) in [4.78, 5) is 19.4. The predicted octanol–water partition coefficient (Wildman–Crippen LogP) is 4.24. The zero-order chi connectivity index (χ0) is 23.0. The molecule has 0 N–H and O–H groups in total. The number of likely N-dealkylation sites (tertiary alicyclic amines) is 1. The summed E-state index contributed by atoms with van der Waals surface area (Å²) in [6, 6.07) is 4.52. The second-order valence-corrected chi connectivity index (χ2v) is 8.12. The minimum absolute atomic E-state index is 0.0787. The van der Waals surface area contributed by atoms with Gasteiger partial charge in [-0.3, -0.25) is 9.48 Å². The first-order valence-electron chi connectivity index (χ1n) is 10.2. The minimum Gasteiger partial charge on any atom is -0.387 e. The molecule has 2 aromatic rings. The zero-order valence-electron chi connectivity index (χ0n) is 17.2. The van der Waals surface area contributed by atoms with Gasteiger partial charge in [0.25, 0.3) is 0 Å². The molecule has 172 valence electrons. The van der Waals surface area contributed by atoms with Gasteiger partial charge in [-0.2, -0.15) is 18.3 Å². The largest absolute Gasteiger partial charge is 0.435 e. The summed E-state index contributed by atoms with van der Waals surface area (Å²) >= 11 is 0. The molecular weight excluding hydrogens is 435 g/mol. The Morgan fingerprint density at radius 3 is 2.62 bits per heavy atom. The quantitative estimate of drug-likeness (QED) is 0.633. The Labute approximate surface area is 180 Å². The summed E-state index contributed by atoms with van der Waals surface area (Å²) < 4.78 is 67.4. The summed E-state index contributed by atoms with van der Waals surface area (Å²) in [5.74, 6) is -1.61. The van der Waals surface area contributed by atoms with Crippen molar-refractivity contribution < 1.29 is 31.6 Å². The molecule has 1 aromatic carbocycles. The van der Waals surface area contributed by atoms with E-state index in [1.54, 1.807) is 4.90 Å². The normalized spacial score (nSPS) is 21.1. The van der Waals surface area contributed by atoms with Gasteiger partial charge in [-0.05, 0) is 43.9 Å². The predicted molar refractivity (Wildman–Crippen MR) is 104 cm³/mol. The van der Waals surface area contributed by atoms with Gasteiger partial charge in [-0.15, -0.1) is 0 Å². The van der Waals surface area contributed by atoms with E-state index in [4.69, 9.17) is 4.84 Å². The monoisotopic (exact) mass is 456 g/mol. The van der Waals surface area contributed by atoms with Crippen molar-refractivity contribution in [2.45, 2.75) is 45.0 Å². The van der Waals surface area contributed by atoms with Gasteiger partial charge in [-0.1, -0.05) is 11.2 Å². The molecule has 32 heavy (non-hydrogen) atoms. The molecule has 0 spiro atoms. The summed E-state index contributed by atoms with van der Waals surface area (Å²) in [5, 5.41) is 7.47. The molecule has 0 radical (unpaired) electrons. The Bertz CT molecular complexity index is 1030. The van der Waals surface area contributed by atoms with Crippen molar-refractivity contribution in [1.29, 1.82) is 0 Å². The first-order chi connectivity index (χ1) is 15.1. The maximum atomic E-state index is 14.0. The molecule has 2 atom stereocenters. The summed E-state index contributed by atoms with van der Waals surface area (Å²) in [6.45, 7) is 2.08. The van der Waals surface area contributed by atoms with Crippen LogP contribution in [0.3, 0.4) is 0 Å². The number of hydrogen-bond acceptors (Lipinski definition) is 4. The number of aryl methyl sites for hydroxylation is 1. The third kappa shape index (κ3) is 4.61. The van der Waals surface area contributed by atoms with E-state index < -0.39 is 29.6 Å². The Hall–Kier alpha value is -2.98. The lowest BCUT2D eigenvalue weighted by Crippen LogP contribution is -2.32. The Morgan fingerprint density at radius 2 is 1.97 bits per heavy atom. The second-order valence-electron chi connectivity index (χ2n) is 8.12. The number of alkyl halides is 3. The van der Waals surface area contributed by atoms with Crippen LogP contribution >= 0.6 is 0 Å². The summed E-state index contributed by atoms with van der Waals surface area (Å²) in [6.07, 6.45) is -3.93. The Morgan fingerprint density at radius 1 is 1.25 bits per heavy atom. The van der Waals surface area contributed by atoms with E-state index in [2.05, 4.69) is 10.3 Å². The number of carbonyl (C=O) groups is 1. The van der Waals surface area contributed by atoms with Crippen LogP contribution in [0.15, 0.2) is 29.4 Å². The molecule has 1 saturated heterocycles. The molecule has 11 heteroatoms. The molecule has 1 aromatic heterocycles. The van der Waals surface area contributed by atoms with Crippen molar-refractivity contribution in [2.24, 2.45) is 11.1 Å². The van der Waals surface area contributed by atoms with Gasteiger partial charge in [0.2, 0.25) is 5.91 Å². The van der Waals surface area contributed by atoms with Crippen molar-refractivity contribution >= 4 is 11.6 Å². The molecular formula is C21H21F5N4O2. The van der Waals surface area contributed by atoms with Crippen molar-refractivity contribution in [3.8, 4) is 0 Å². The fourth-order valence-corrected chi connectivity index (χ4v) is 4.12. The maximum Gasteiger partial charge on any atom is 0.435 e. The first-order valence-corrected chi connectivity index (χ1v) is 10.2. The third-order valence-corrected chi connectivity index (χ3v) is 5.77. The fourth-order valence-electron chi connectivity index (χ4n) is 4.12. The van der Waals surface area contributed by atoms with Crippen LogP contribution in [0.2, 0.25) is 0 Å². The average molecular weight is 456 g/mol. The summed E-state index contributed by atoms with van der Waals surface area (Å²) in [5.41, 5.74) is -0.260. The number of oxime groups is 1. The van der Waals surface area contributed by atoms with E-state index in [-0.39, 0.29) is 36.0 Å². The van der Waals surface area contributed by atoms with Crippen molar-refractivity contribution in [3.05, 3.63) is 52.9 Å². The molecule has 0 aliphatic carbocycles. The van der Waals surface area contributed by atoms with E-state index in [9.17, 15) is 26.7 Å². The smallest absolute Gasteiger partial charge is 0.387 e. The van der Waals surface area contributed by atoms with Gasteiger partial charge in [0.15, 0.2) is 11.8 Å². The molecule has 1 fully saturated rings. The van der Waals surface area contributed by atoms with Crippen LogP contribution in [0, 0.1) is 24.5 Å². The van der Waals surface area contributed by atoms with Crippen molar-refractivity contribution in [2.75, 3.05) is 13.1 Å². The standard InChI is InChI=1S/C21H21F5N4O2/c1-12-7-18(21(24,25)26)27-30(12)11-19(31)29-6-5-13(10-29)8-14-9-17(32-28-14)20-15(22)3-2-4-16(20)23/h2-4,7,13,17H,5-6,8-11H2,1H3. The van der Waals surface area contributed by atoms with Crippen molar-refractivity contribution in [3.63, 3.8) is 0 Å². The number of aromatic nitrogens is 2. The molecule has 1 amide bonds. The van der Waals surface area contributed by atoms with Crippen LogP contribution in [0.1, 0.15) is 42.3 Å². The molecule has 2 unspecified atom stereocenters. The van der Waals surface area contributed by atoms with E-state index in [0.29, 0.717) is 31.6 Å². The first kappa shape index (κ1) is 22.2. The van der Waals surface area contributed by atoms with Gasteiger partial charge in [0.1, 0.15) is 18.2 Å². The highest BCUT2D eigenvalue weighted by Gasteiger charge is 2.35. The number of amides is 1. The van der Waals surface area contributed by atoms with E-state index in [1.807, 2.05) is 0 Å². The van der Waals surface area contributed by atoms with Crippen LogP contribution in [-0.2, 0) is 22.4 Å². The highest BCUT2D eigenvalue weighted by Crippen LogP contribution is 2.34. The van der Waals surface area contributed by atoms with E-state index >= 15 is 0 Å². The van der Waals surface area contributed by atoms with E-state index in [0.717, 1.165) is 10.7 Å². The number of benzene rings is 1. The van der Waals surface area contributed by atoms with Crippen molar-refractivity contribution in [1.82, 2.24) is 14.7 Å². The number of hydrogen-bond donors (Lipinski definition) is 0. The van der Waals surface area contributed by atoms with Crippen LogP contribution in [-0.4, -0.2) is 39.4 Å². The lowest BCUT2D eigenvalue weighted by Gasteiger charge is -2.17. The second kappa shape index (κ2) is 8.51. The summed E-state index contributed by atoms with van der Waals surface area (Å²) in [7, 11) is 0. The van der Waals surface area contributed by atoms with Crippen LogP contribution in [0.5, 0.6) is 0 Å². The molecule has 4 rings (SSSR count). The highest BCUT2D eigenvalue weighted by molar-refractivity contribution is 5.86. The number of halogens is 5. The molecule has 3 heterocycles. The minimum atomic E-state index is -4.56. The van der Waals surface area contributed by atoms with Gasteiger partial charge in [0.05, 0.1) is 11.3 Å². The number of rotatable bonds is 5. The van der Waals surface area contributed by atoms with Crippen LogP contribution in [0.25, 0.3) is 0 Å². The topological polar surface area (TPSA) is 59.7 Å². The zero-order valence-corrected chi connectivity index (χ0v) is 17.2. The Kier molecular flexibility index (Phi) is 5.91. The molecule has 2 aliphatic heterocycles. The molecule has 0 bridgehead atoms. The number of nitrogens with zero attached hydrogens (tertiary/aromatic N) is 4. The number of carbonyl (C=O) groups excluding carboxylic acids is 1. The average Bonchev–Trinajstić information content (AvgIpc) is 3.43. The van der Waals surface area contributed by atoms with Crippen LogP contribution in [0.4, 0.5) is 22.0 Å². The SMILES string of the molecule is Cc1cc(C(F)(F)F)nn1CC(=O)N1CCC(CC2=NOC(c3c(F)cccc3F)C2)C1. The van der Waals surface area contributed by atoms with Crippen LogP contribution < -0.4 is 0 Å². The van der Waals surface area contributed by atoms with Gasteiger partial charge in [0, 0.05) is 25.2 Å². The third-order valence-electron chi connectivity index (χ3n) is 5.77. The molecule has 0 saturated carbocycles. The maximum absolute atomic E-state index is 14.0. The molecule has 6 nitrogen and oxygen atoms in total. The van der Waals surface area contributed by atoms with Gasteiger partial charge < -0.3 is 9.74 Å². The molecule has 2 aliphatic rings. The lowest BCUT2D eigenvalue weighted by atomic mass is 9.96. The van der Waals surface area contributed by atoms with Gasteiger partial charge in [-0.25, -0.2) is 8.78 Å². The van der Waals surface area contributed by atoms with E-state index in [1.165, 1.54) is 25.1 Å². The fraction of sp³-hybridized carbons (Fsp3) is 0.476. The highest BCUT2D eigenvalue weighted by atomic mass is 19.4. The Balaban J connectivity index is 1.31.